The van der Waals surface area contributed by atoms with E-state index in [1.165, 1.54) is 18.6 Å². The number of H-pyrrole nitrogens is 1. The molecule has 3 aromatic rings. The Balaban J connectivity index is 2.00. The number of carbonyl (C=O) groups excluding carboxylic acids is 1. The van der Waals surface area contributed by atoms with Gasteiger partial charge in [0.05, 0.1) is 16.9 Å². The van der Waals surface area contributed by atoms with Crippen molar-refractivity contribution in [3.63, 3.8) is 0 Å². The van der Waals surface area contributed by atoms with Gasteiger partial charge in [0, 0.05) is 34.0 Å². The molecule has 20 heavy (non-hydrogen) atoms. The van der Waals surface area contributed by atoms with Crippen molar-refractivity contribution in [2.24, 2.45) is 0 Å². The first kappa shape index (κ1) is 13.1. The van der Waals surface area contributed by atoms with E-state index in [2.05, 4.69) is 36.2 Å². The Morgan fingerprint density at radius 1 is 1.35 bits per heavy atom. The molecule has 2 aromatic heterocycles. The van der Waals surface area contributed by atoms with Gasteiger partial charge in [0.15, 0.2) is 0 Å². The molecule has 5 nitrogen and oxygen atoms in total. The van der Waals surface area contributed by atoms with Crippen molar-refractivity contribution in [3.05, 3.63) is 52.1 Å². The second-order valence-corrected chi connectivity index (χ2v) is 5.26. The Morgan fingerprint density at radius 3 is 2.95 bits per heavy atom. The highest BCUT2D eigenvalue weighted by atomic mass is 79.9. The largest absolute Gasteiger partial charge is 0.359 e. The Hall–Kier alpha value is -1.92. The SMILES string of the molecule is O=C(Nc1c[nH]c2ccc(Br)c(Cl)c12)c1cnccn1. The van der Waals surface area contributed by atoms with Gasteiger partial charge in [-0.25, -0.2) is 4.98 Å². The average molecular weight is 352 g/mol. The first-order valence-electron chi connectivity index (χ1n) is 5.69. The quantitative estimate of drug-likeness (QED) is 0.740. The number of hydrogen-bond donors (Lipinski definition) is 2. The van der Waals surface area contributed by atoms with E-state index in [4.69, 9.17) is 11.6 Å². The van der Waals surface area contributed by atoms with Gasteiger partial charge >= 0.3 is 0 Å². The van der Waals surface area contributed by atoms with Crippen LogP contribution in [-0.2, 0) is 0 Å². The highest BCUT2D eigenvalue weighted by molar-refractivity contribution is 9.10. The number of hydrogen-bond acceptors (Lipinski definition) is 3. The number of benzene rings is 1. The molecule has 0 aliphatic carbocycles. The molecule has 1 aromatic carbocycles. The molecule has 0 saturated heterocycles. The van der Waals surface area contributed by atoms with E-state index in [-0.39, 0.29) is 11.6 Å². The molecule has 0 unspecified atom stereocenters. The predicted molar refractivity (Wildman–Crippen MR) is 81.0 cm³/mol. The number of aromatic nitrogens is 3. The fourth-order valence-electron chi connectivity index (χ4n) is 1.86. The van der Waals surface area contributed by atoms with E-state index in [0.717, 1.165) is 15.4 Å². The minimum atomic E-state index is -0.338. The maximum Gasteiger partial charge on any atom is 0.275 e. The molecule has 0 aliphatic heterocycles. The van der Waals surface area contributed by atoms with Gasteiger partial charge in [-0.3, -0.25) is 9.78 Å². The summed E-state index contributed by atoms with van der Waals surface area (Å²) in [4.78, 5) is 22.9. The van der Waals surface area contributed by atoms with Crippen LogP contribution in [0.5, 0.6) is 0 Å². The number of aromatic amines is 1. The van der Waals surface area contributed by atoms with Crippen molar-refractivity contribution in [2.45, 2.75) is 0 Å². The number of carbonyl (C=O) groups is 1. The Labute approximate surface area is 127 Å². The van der Waals surface area contributed by atoms with Gasteiger partial charge in [0.1, 0.15) is 5.69 Å². The fourth-order valence-corrected chi connectivity index (χ4v) is 2.45. The van der Waals surface area contributed by atoms with Gasteiger partial charge in [-0.2, -0.15) is 0 Å². The van der Waals surface area contributed by atoms with Gasteiger partial charge in [-0.05, 0) is 28.1 Å². The van der Waals surface area contributed by atoms with Crippen molar-refractivity contribution >= 4 is 50.0 Å². The molecule has 3 rings (SSSR count). The highest BCUT2D eigenvalue weighted by Crippen LogP contribution is 2.35. The molecular formula is C13H8BrClN4O. The molecule has 7 heteroatoms. The first-order valence-corrected chi connectivity index (χ1v) is 6.86. The average Bonchev–Trinajstić information content (AvgIpc) is 2.87. The number of nitrogens with one attached hydrogen (secondary N) is 2. The van der Waals surface area contributed by atoms with Crippen molar-refractivity contribution < 1.29 is 4.79 Å². The van der Waals surface area contributed by atoms with Crippen LogP contribution in [-0.4, -0.2) is 20.9 Å². The molecule has 0 radical (unpaired) electrons. The van der Waals surface area contributed by atoms with Crippen molar-refractivity contribution in [1.82, 2.24) is 15.0 Å². The summed E-state index contributed by atoms with van der Waals surface area (Å²) in [6, 6.07) is 3.72. The van der Waals surface area contributed by atoms with E-state index >= 15 is 0 Å². The summed E-state index contributed by atoms with van der Waals surface area (Å²) in [7, 11) is 0. The zero-order chi connectivity index (χ0) is 14.1. The van der Waals surface area contributed by atoms with E-state index in [9.17, 15) is 4.79 Å². The molecule has 100 valence electrons. The van der Waals surface area contributed by atoms with E-state index < -0.39 is 0 Å². The molecule has 2 heterocycles. The molecular weight excluding hydrogens is 344 g/mol. The van der Waals surface area contributed by atoms with Crippen molar-refractivity contribution in [3.8, 4) is 0 Å². The third-order valence-corrected chi connectivity index (χ3v) is 4.06. The summed E-state index contributed by atoms with van der Waals surface area (Å²) < 4.78 is 0.765. The minimum Gasteiger partial charge on any atom is -0.359 e. The van der Waals surface area contributed by atoms with E-state index in [1.807, 2.05) is 12.1 Å². The van der Waals surface area contributed by atoms with E-state index in [0.29, 0.717) is 10.7 Å². The van der Waals surface area contributed by atoms with E-state index in [1.54, 1.807) is 6.20 Å². The monoisotopic (exact) mass is 350 g/mol. The molecule has 0 atom stereocenters. The maximum atomic E-state index is 12.1. The number of rotatable bonds is 2. The molecule has 0 aliphatic rings. The lowest BCUT2D eigenvalue weighted by Gasteiger charge is -2.04. The third kappa shape index (κ3) is 2.28. The summed E-state index contributed by atoms with van der Waals surface area (Å²) in [6.07, 6.45) is 6.07. The zero-order valence-electron chi connectivity index (χ0n) is 10.0. The van der Waals surface area contributed by atoms with Crippen molar-refractivity contribution in [1.29, 1.82) is 0 Å². The summed E-state index contributed by atoms with van der Waals surface area (Å²) in [6.45, 7) is 0. The lowest BCUT2D eigenvalue weighted by molar-refractivity contribution is 0.102. The Bertz CT molecular complexity index is 788. The van der Waals surface area contributed by atoms with Crippen LogP contribution in [0.4, 0.5) is 5.69 Å². The molecule has 2 N–H and O–H groups in total. The molecule has 1 amide bonds. The van der Waals surface area contributed by atoms with Crippen molar-refractivity contribution in [2.75, 3.05) is 5.32 Å². The van der Waals surface area contributed by atoms with Gasteiger partial charge in [-0.15, -0.1) is 0 Å². The van der Waals surface area contributed by atoms with Gasteiger partial charge in [0.25, 0.3) is 5.91 Å². The second kappa shape index (κ2) is 5.22. The summed E-state index contributed by atoms with van der Waals surface area (Å²) >= 11 is 9.62. The van der Waals surface area contributed by atoms with Crippen LogP contribution in [0.25, 0.3) is 10.9 Å². The third-order valence-electron chi connectivity index (χ3n) is 2.78. The predicted octanol–water partition coefficient (Wildman–Crippen LogP) is 3.63. The Morgan fingerprint density at radius 2 is 2.20 bits per heavy atom. The molecule has 0 fully saturated rings. The zero-order valence-corrected chi connectivity index (χ0v) is 12.4. The van der Waals surface area contributed by atoms with Crippen LogP contribution in [0.15, 0.2) is 41.4 Å². The standard InChI is InChI=1S/C13H8BrClN4O/c14-7-1-2-8-11(12(7)15)9(6-18-8)19-13(20)10-5-16-3-4-17-10/h1-6,18H,(H,19,20). The molecule has 0 spiro atoms. The summed E-state index contributed by atoms with van der Waals surface area (Å²) in [5.74, 6) is -0.338. The topological polar surface area (TPSA) is 70.7 Å². The number of amides is 1. The lowest BCUT2D eigenvalue weighted by atomic mass is 10.2. The Kier molecular flexibility index (Phi) is 3.42. The van der Waals surface area contributed by atoms with Crippen LogP contribution in [0.3, 0.4) is 0 Å². The molecule has 0 bridgehead atoms. The summed E-state index contributed by atoms with van der Waals surface area (Å²) in [5.41, 5.74) is 1.68. The number of anilines is 1. The first-order chi connectivity index (χ1) is 9.66. The van der Waals surface area contributed by atoms with Crippen LogP contribution in [0.1, 0.15) is 10.5 Å². The second-order valence-electron chi connectivity index (χ2n) is 4.03. The smallest absolute Gasteiger partial charge is 0.275 e. The fraction of sp³-hybridized carbons (Fsp3) is 0. The summed E-state index contributed by atoms with van der Waals surface area (Å²) in [5, 5.41) is 4.06. The van der Waals surface area contributed by atoms with Crippen LogP contribution in [0, 0.1) is 0 Å². The number of halogens is 2. The van der Waals surface area contributed by atoms with Crippen LogP contribution < -0.4 is 5.32 Å². The number of nitrogens with zero attached hydrogens (tertiary/aromatic N) is 2. The van der Waals surface area contributed by atoms with Gasteiger partial charge in [0.2, 0.25) is 0 Å². The maximum absolute atomic E-state index is 12.1. The highest BCUT2D eigenvalue weighted by Gasteiger charge is 2.14. The van der Waals surface area contributed by atoms with Crippen LogP contribution in [0.2, 0.25) is 5.02 Å². The normalized spacial score (nSPS) is 10.7. The number of fused-ring (bicyclic) bond motifs is 1. The lowest BCUT2D eigenvalue weighted by Crippen LogP contribution is -2.13. The van der Waals surface area contributed by atoms with Crippen LogP contribution >= 0.6 is 27.5 Å². The molecule has 0 saturated carbocycles. The van der Waals surface area contributed by atoms with Gasteiger partial charge in [-0.1, -0.05) is 11.6 Å². The minimum absolute atomic E-state index is 0.243. The van der Waals surface area contributed by atoms with Gasteiger partial charge < -0.3 is 10.3 Å².